The van der Waals surface area contributed by atoms with Crippen LogP contribution in [0.1, 0.15) is 5.56 Å². The van der Waals surface area contributed by atoms with Crippen molar-refractivity contribution in [3.63, 3.8) is 0 Å². The van der Waals surface area contributed by atoms with Crippen molar-refractivity contribution in [3.05, 3.63) is 35.9 Å². The predicted molar refractivity (Wildman–Crippen MR) is 59.8 cm³/mol. The zero-order chi connectivity index (χ0) is 11.4. The summed E-state index contributed by atoms with van der Waals surface area (Å²) in [6, 6.07) is 9.36. The molecule has 1 unspecified atom stereocenters. The Balaban J connectivity index is 2.12. The van der Waals surface area contributed by atoms with Crippen molar-refractivity contribution in [2.75, 3.05) is 32.8 Å². The highest BCUT2D eigenvalue weighted by atomic mass is 16.6. The Morgan fingerprint density at radius 1 is 1.31 bits per heavy atom. The number of β-amino-alcohol motifs (C(OH)–C–C–N with tert-alkyl or cyclic N) is 2. The number of aliphatic hydroxyl groups is 2. The average Bonchev–Trinajstić information content (AvgIpc) is 2.31. The molecule has 0 saturated carbocycles. The van der Waals surface area contributed by atoms with Gasteiger partial charge in [-0.2, -0.15) is 0 Å². The first-order chi connectivity index (χ1) is 7.74. The van der Waals surface area contributed by atoms with Crippen molar-refractivity contribution in [2.45, 2.75) is 5.79 Å². The average molecular weight is 223 g/mol. The summed E-state index contributed by atoms with van der Waals surface area (Å²) >= 11 is 0. The summed E-state index contributed by atoms with van der Waals surface area (Å²) in [5, 5.41) is 19.3. The zero-order valence-electron chi connectivity index (χ0n) is 9.17. The quantitative estimate of drug-likeness (QED) is 0.766. The van der Waals surface area contributed by atoms with E-state index in [-0.39, 0.29) is 6.61 Å². The molecule has 2 rings (SSSR count). The topological polar surface area (TPSA) is 52.9 Å². The normalized spacial score (nSPS) is 26.9. The van der Waals surface area contributed by atoms with E-state index in [9.17, 15) is 5.11 Å². The summed E-state index contributed by atoms with van der Waals surface area (Å²) in [4.78, 5) is 2.00. The van der Waals surface area contributed by atoms with E-state index in [1.165, 1.54) is 0 Å². The highest BCUT2D eigenvalue weighted by Gasteiger charge is 2.35. The van der Waals surface area contributed by atoms with Gasteiger partial charge in [-0.05, 0) is 0 Å². The number of hydrogen-bond acceptors (Lipinski definition) is 4. The van der Waals surface area contributed by atoms with Crippen LogP contribution < -0.4 is 0 Å². The molecule has 1 aromatic rings. The van der Waals surface area contributed by atoms with E-state index in [4.69, 9.17) is 9.84 Å². The number of morpholine rings is 1. The molecule has 0 aromatic heterocycles. The van der Waals surface area contributed by atoms with E-state index in [0.717, 1.165) is 12.1 Å². The minimum absolute atomic E-state index is 0.102. The van der Waals surface area contributed by atoms with Gasteiger partial charge in [0.15, 0.2) is 0 Å². The Hall–Kier alpha value is -0.940. The molecule has 0 amide bonds. The number of hydrogen-bond donors (Lipinski definition) is 2. The standard InChI is InChI=1S/C12H17NO3/c14-8-6-13-7-9-16-12(15,10-13)11-4-2-1-3-5-11/h1-5,14-15H,6-10H2. The second kappa shape index (κ2) is 4.93. The van der Waals surface area contributed by atoms with E-state index < -0.39 is 5.79 Å². The van der Waals surface area contributed by atoms with Crippen molar-refractivity contribution in [1.82, 2.24) is 4.90 Å². The first-order valence-corrected chi connectivity index (χ1v) is 5.50. The van der Waals surface area contributed by atoms with Crippen molar-refractivity contribution in [3.8, 4) is 0 Å². The molecule has 1 aromatic carbocycles. The van der Waals surface area contributed by atoms with Crippen LogP contribution in [-0.4, -0.2) is 48.0 Å². The molecule has 2 N–H and O–H groups in total. The van der Waals surface area contributed by atoms with E-state index in [0.29, 0.717) is 19.7 Å². The zero-order valence-corrected chi connectivity index (χ0v) is 9.17. The first kappa shape index (κ1) is 11.5. The third kappa shape index (κ3) is 2.41. The molecule has 1 saturated heterocycles. The molecule has 1 aliphatic heterocycles. The van der Waals surface area contributed by atoms with Gasteiger partial charge in [0.05, 0.1) is 19.8 Å². The Bertz CT molecular complexity index is 328. The fourth-order valence-corrected chi connectivity index (χ4v) is 1.98. The predicted octanol–water partition coefficient (Wildman–Crippen LogP) is 0.156. The number of nitrogens with zero attached hydrogens (tertiary/aromatic N) is 1. The van der Waals surface area contributed by atoms with Gasteiger partial charge in [-0.25, -0.2) is 0 Å². The maximum atomic E-state index is 10.4. The monoisotopic (exact) mass is 223 g/mol. The van der Waals surface area contributed by atoms with Crippen LogP contribution in [0.4, 0.5) is 0 Å². The van der Waals surface area contributed by atoms with Gasteiger partial charge in [-0.3, -0.25) is 4.90 Å². The summed E-state index contributed by atoms with van der Waals surface area (Å²) in [5.74, 6) is -1.24. The second-order valence-electron chi connectivity index (χ2n) is 4.00. The molecule has 1 atom stereocenters. The fourth-order valence-electron chi connectivity index (χ4n) is 1.98. The lowest BCUT2D eigenvalue weighted by Gasteiger charge is -2.39. The lowest BCUT2D eigenvalue weighted by molar-refractivity contribution is -0.248. The maximum Gasteiger partial charge on any atom is 0.205 e. The lowest BCUT2D eigenvalue weighted by atomic mass is 10.0. The maximum absolute atomic E-state index is 10.4. The van der Waals surface area contributed by atoms with Crippen LogP contribution in [0.25, 0.3) is 0 Å². The van der Waals surface area contributed by atoms with Crippen molar-refractivity contribution >= 4 is 0 Å². The van der Waals surface area contributed by atoms with Crippen LogP contribution in [0.5, 0.6) is 0 Å². The Morgan fingerprint density at radius 3 is 2.75 bits per heavy atom. The molecule has 0 radical (unpaired) electrons. The molecule has 1 heterocycles. The van der Waals surface area contributed by atoms with Crippen LogP contribution in [0.15, 0.2) is 30.3 Å². The third-order valence-corrected chi connectivity index (χ3v) is 2.83. The Morgan fingerprint density at radius 2 is 2.06 bits per heavy atom. The molecule has 0 aliphatic carbocycles. The van der Waals surface area contributed by atoms with Gasteiger partial charge >= 0.3 is 0 Å². The van der Waals surface area contributed by atoms with Crippen molar-refractivity contribution < 1.29 is 14.9 Å². The molecular weight excluding hydrogens is 206 g/mol. The highest BCUT2D eigenvalue weighted by Crippen LogP contribution is 2.26. The minimum atomic E-state index is -1.24. The van der Waals surface area contributed by atoms with Crippen LogP contribution >= 0.6 is 0 Å². The molecule has 0 bridgehead atoms. The third-order valence-electron chi connectivity index (χ3n) is 2.83. The highest BCUT2D eigenvalue weighted by molar-refractivity contribution is 5.20. The number of aliphatic hydroxyl groups excluding tert-OH is 1. The molecular formula is C12H17NO3. The van der Waals surface area contributed by atoms with Crippen molar-refractivity contribution in [1.29, 1.82) is 0 Å². The summed E-state index contributed by atoms with van der Waals surface area (Å²) < 4.78 is 5.46. The SMILES string of the molecule is OCCN1CCOC(O)(c2ccccc2)C1. The van der Waals surface area contributed by atoms with Crippen molar-refractivity contribution in [2.24, 2.45) is 0 Å². The smallest absolute Gasteiger partial charge is 0.205 e. The van der Waals surface area contributed by atoms with Gasteiger partial charge in [-0.1, -0.05) is 30.3 Å². The van der Waals surface area contributed by atoms with Crippen LogP contribution in [-0.2, 0) is 10.5 Å². The molecule has 1 fully saturated rings. The molecule has 16 heavy (non-hydrogen) atoms. The Kier molecular flexibility index (Phi) is 3.56. The molecule has 4 heteroatoms. The molecule has 88 valence electrons. The number of benzene rings is 1. The van der Waals surface area contributed by atoms with E-state index in [1.807, 2.05) is 35.2 Å². The minimum Gasteiger partial charge on any atom is -0.395 e. The van der Waals surface area contributed by atoms with E-state index in [2.05, 4.69) is 0 Å². The van der Waals surface area contributed by atoms with Gasteiger partial charge < -0.3 is 14.9 Å². The summed E-state index contributed by atoms with van der Waals surface area (Å²) in [6.07, 6.45) is 0. The molecule has 1 aliphatic rings. The van der Waals surface area contributed by atoms with Gasteiger partial charge in [0, 0.05) is 18.7 Å². The lowest BCUT2D eigenvalue weighted by Crippen LogP contribution is -2.50. The summed E-state index contributed by atoms with van der Waals surface area (Å²) in [5.41, 5.74) is 0.762. The van der Waals surface area contributed by atoms with Gasteiger partial charge in [0.2, 0.25) is 5.79 Å². The number of rotatable bonds is 3. The number of ether oxygens (including phenoxy) is 1. The van der Waals surface area contributed by atoms with Crippen LogP contribution in [0, 0.1) is 0 Å². The largest absolute Gasteiger partial charge is 0.395 e. The van der Waals surface area contributed by atoms with Gasteiger partial charge in [0.25, 0.3) is 0 Å². The molecule has 4 nitrogen and oxygen atoms in total. The van der Waals surface area contributed by atoms with Gasteiger partial charge in [0.1, 0.15) is 0 Å². The van der Waals surface area contributed by atoms with E-state index in [1.54, 1.807) is 0 Å². The summed E-state index contributed by atoms with van der Waals surface area (Å²) in [6.45, 7) is 2.29. The second-order valence-corrected chi connectivity index (χ2v) is 4.00. The molecule has 0 spiro atoms. The summed E-state index contributed by atoms with van der Waals surface area (Å²) in [7, 11) is 0. The van der Waals surface area contributed by atoms with Crippen LogP contribution in [0.2, 0.25) is 0 Å². The van der Waals surface area contributed by atoms with Crippen LogP contribution in [0.3, 0.4) is 0 Å². The van der Waals surface area contributed by atoms with E-state index >= 15 is 0 Å². The Labute approximate surface area is 95.1 Å². The fraction of sp³-hybridized carbons (Fsp3) is 0.500. The first-order valence-electron chi connectivity index (χ1n) is 5.50. The van der Waals surface area contributed by atoms with Gasteiger partial charge in [-0.15, -0.1) is 0 Å².